The van der Waals surface area contributed by atoms with Crippen LogP contribution in [0.4, 0.5) is 5.69 Å². The molecule has 0 spiro atoms. The first-order chi connectivity index (χ1) is 17.4. The van der Waals surface area contributed by atoms with Crippen molar-refractivity contribution in [2.45, 2.75) is 31.2 Å². The predicted molar refractivity (Wildman–Crippen MR) is 134 cm³/mol. The van der Waals surface area contributed by atoms with E-state index < -0.39 is 5.91 Å². The number of ether oxygens (including phenoxy) is 1. The number of carbonyl (C=O) groups excluding carboxylic acids is 2. The number of benzene rings is 1. The van der Waals surface area contributed by atoms with Crippen molar-refractivity contribution in [1.82, 2.24) is 30.3 Å². The molecule has 2 fully saturated rings. The summed E-state index contributed by atoms with van der Waals surface area (Å²) >= 11 is 12.9. The molecule has 6 rings (SSSR count). The summed E-state index contributed by atoms with van der Waals surface area (Å²) in [7, 11) is 1.44. The summed E-state index contributed by atoms with van der Waals surface area (Å²) in [6.07, 6.45) is 7.24. The number of anilines is 1. The van der Waals surface area contributed by atoms with Crippen LogP contribution in [-0.2, 0) is 0 Å². The Morgan fingerprint density at radius 3 is 2.69 bits per heavy atom. The van der Waals surface area contributed by atoms with Crippen LogP contribution in [0.15, 0.2) is 36.7 Å². The molecular formula is C24H21Cl2N7O3. The zero-order chi connectivity index (χ0) is 25.0. The van der Waals surface area contributed by atoms with Gasteiger partial charge in [-0.25, -0.2) is 9.67 Å². The number of halogens is 2. The molecule has 0 aliphatic heterocycles. The first-order valence-electron chi connectivity index (χ1n) is 11.4. The van der Waals surface area contributed by atoms with E-state index in [0.29, 0.717) is 21.8 Å². The molecule has 3 heterocycles. The molecule has 0 saturated heterocycles. The Kier molecular flexibility index (Phi) is 5.38. The van der Waals surface area contributed by atoms with Gasteiger partial charge in [0.25, 0.3) is 11.8 Å². The van der Waals surface area contributed by atoms with Gasteiger partial charge in [-0.2, -0.15) is 5.10 Å². The summed E-state index contributed by atoms with van der Waals surface area (Å²) in [5.74, 6) is 0.0488. The lowest BCUT2D eigenvalue weighted by molar-refractivity contribution is 0.0928. The van der Waals surface area contributed by atoms with E-state index in [9.17, 15) is 9.59 Å². The number of H-pyrrole nitrogens is 1. The maximum Gasteiger partial charge on any atom is 0.274 e. The Bertz CT molecular complexity index is 1520. The molecule has 0 radical (unpaired) electrons. The van der Waals surface area contributed by atoms with E-state index >= 15 is 0 Å². The van der Waals surface area contributed by atoms with E-state index in [2.05, 4.69) is 30.9 Å². The minimum Gasteiger partial charge on any atom is -0.480 e. The number of amides is 2. The molecule has 2 saturated carbocycles. The van der Waals surface area contributed by atoms with Crippen molar-refractivity contribution >= 4 is 51.6 Å². The molecule has 1 aromatic carbocycles. The maximum atomic E-state index is 13.6. The highest BCUT2D eigenvalue weighted by Gasteiger charge is 2.55. The molecule has 3 aromatic heterocycles. The van der Waals surface area contributed by atoms with E-state index in [-0.39, 0.29) is 45.1 Å². The van der Waals surface area contributed by atoms with E-state index in [0.717, 1.165) is 25.7 Å². The second-order valence-corrected chi connectivity index (χ2v) is 9.89. The third-order valence-corrected chi connectivity index (χ3v) is 7.33. The largest absolute Gasteiger partial charge is 0.480 e. The van der Waals surface area contributed by atoms with E-state index in [1.165, 1.54) is 24.1 Å². The van der Waals surface area contributed by atoms with Crippen LogP contribution in [-0.4, -0.2) is 49.4 Å². The lowest BCUT2D eigenvalue weighted by atomic mass is 10.1. The van der Waals surface area contributed by atoms with E-state index in [1.807, 2.05) is 0 Å². The summed E-state index contributed by atoms with van der Waals surface area (Å²) < 4.78 is 6.52. The Balaban J connectivity index is 1.40. The third-order valence-electron chi connectivity index (χ3n) is 6.73. The second-order valence-electron chi connectivity index (χ2n) is 9.07. The zero-order valence-electron chi connectivity index (χ0n) is 19.1. The number of aromatic nitrogens is 5. The van der Waals surface area contributed by atoms with Crippen molar-refractivity contribution in [3.63, 3.8) is 0 Å². The number of hydrogen-bond acceptors (Lipinski definition) is 6. The van der Waals surface area contributed by atoms with Crippen LogP contribution in [0.5, 0.6) is 5.88 Å². The molecule has 0 bridgehead atoms. The normalized spacial score (nSPS) is 16.1. The van der Waals surface area contributed by atoms with Gasteiger partial charge in [0, 0.05) is 23.2 Å². The number of hydrogen-bond donors (Lipinski definition) is 3. The zero-order valence-corrected chi connectivity index (χ0v) is 20.7. The van der Waals surface area contributed by atoms with Gasteiger partial charge >= 0.3 is 0 Å². The van der Waals surface area contributed by atoms with Gasteiger partial charge in [-0.15, -0.1) is 5.10 Å². The van der Waals surface area contributed by atoms with Gasteiger partial charge in [0.15, 0.2) is 5.82 Å². The summed E-state index contributed by atoms with van der Waals surface area (Å²) in [4.78, 5) is 31.4. The van der Waals surface area contributed by atoms with Crippen LogP contribution in [0.2, 0.25) is 10.0 Å². The number of nitrogens with one attached hydrogen (secondary N) is 3. The summed E-state index contributed by atoms with van der Waals surface area (Å²) in [6.45, 7) is 0. The topological polar surface area (TPSA) is 127 Å². The number of nitrogens with zero attached hydrogens (tertiary/aromatic N) is 4. The van der Waals surface area contributed by atoms with Crippen LogP contribution in [0, 0.1) is 5.92 Å². The van der Waals surface area contributed by atoms with Crippen molar-refractivity contribution in [1.29, 1.82) is 0 Å². The van der Waals surface area contributed by atoms with Crippen molar-refractivity contribution in [3.05, 3.63) is 58.0 Å². The third kappa shape index (κ3) is 3.86. The predicted octanol–water partition coefficient (Wildman–Crippen LogP) is 4.38. The van der Waals surface area contributed by atoms with Crippen LogP contribution >= 0.6 is 23.2 Å². The molecule has 2 amide bonds. The summed E-state index contributed by atoms with van der Waals surface area (Å²) in [5, 5.41) is 18.4. The molecule has 2 aliphatic rings. The molecule has 10 nitrogen and oxygen atoms in total. The van der Waals surface area contributed by atoms with Crippen molar-refractivity contribution in [2.75, 3.05) is 12.4 Å². The quantitative estimate of drug-likeness (QED) is 0.328. The molecule has 36 heavy (non-hydrogen) atoms. The first kappa shape index (κ1) is 22.8. The van der Waals surface area contributed by atoms with Gasteiger partial charge in [0.05, 0.1) is 40.1 Å². The van der Waals surface area contributed by atoms with Gasteiger partial charge in [-0.05, 0) is 49.8 Å². The molecular weight excluding hydrogens is 505 g/mol. The van der Waals surface area contributed by atoms with Crippen LogP contribution in [0.1, 0.15) is 46.5 Å². The lowest BCUT2D eigenvalue weighted by Gasteiger charge is -2.19. The molecule has 2 aliphatic carbocycles. The standard InChI is InChI=1S/C24H21Cl2N7O3/c1-36-17-10-16(33(32-17)21-14(25)3-2-8-27-21)22(34)29-20-15(26)9-12-11-28-31-19(12)18(20)23(35)30-24(6-7-24)13-4-5-13/h2-3,8-11,13H,4-7H2,1H3,(H,28,31)(H,29,34)(H,30,35). The van der Waals surface area contributed by atoms with Gasteiger partial charge in [0.2, 0.25) is 5.88 Å². The maximum absolute atomic E-state index is 13.6. The molecule has 0 unspecified atom stereocenters. The molecule has 4 aromatic rings. The summed E-state index contributed by atoms with van der Waals surface area (Å²) in [5.41, 5.74) is 0.800. The van der Waals surface area contributed by atoms with Crippen LogP contribution < -0.4 is 15.4 Å². The van der Waals surface area contributed by atoms with Gasteiger partial charge in [-0.1, -0.05) is 23.2 Å². The van der Waals surface area contributed by atoms with E-state index in [1.54, 1.807) is 24.4 Å². The number of fused-ring (bicyclic) bond motifs is 1. The lowest BCUT2D eigenvalue weighted by Crippen LogP contribution is -2.39. The van der Waals surface area contributed by atoms with Crippen LogP contribution in [0.25, 0.3) is 16.7 Å². The molecule has 3 N–H and O–H groups in total. The second kappa shape index (κ2) is 8.49. The fraction of sp³-hybridized carbons (Fsp3) is 0.292. The first-order valence-corrected chi connectivity index (χ1v) is 12.2. The van der Waals surface area contributed by atoms with Gasteiger partial charge in [-0.3, -0.25) is 14.7 Å². The fourth-order valence-corrected chi connectivity index (χ4v) is 5.06. The highest BCUT2D eigenvalue weighted by atomic mass is 35.5. The number of aromatic amines is 1. The summed E-state index contributed by atoms with van der Waals surface area (Å²) in [6, 6.07) is 6.41. The molecule has 0 atom stereocenters. The van der Waals surface area contributed by atoms with Crippen molar-refractivity contribution in [2.24, 2.45) is 5.92 Å². The smallest absolute Gasteiger partial charge is 0.274 e. The average molecular weight is 526 g/mol. The minimum atomic E-state index is -0.578. The average Bonchev–Trinajstić information content (AvgIpc) is 3.77. The Morgan fingerprint density at radius 2 is 2.00 bits per heavy atom. The highest BCUT2D eigenvalue weighted by molar-refractivity contribution is 6.36. The number of rotatable bonds is 7. The highest BCUT2D eigenvalue weighted by Crippen LogP contribution is 2.54. The Labute approximate surface area is 215 Å². The minimum absolute atomic E-state index is 0.0937. The SMILES string of the molecule is COc1cc(C(=O)Nc2c(Cl)cc3cn[nH]c3c2C(=O)NC2(C3CC3)CC2)n(-c2ncccc2Cl)n1. The fourth-order valence-electron chi connectivity index (χ4n) is 4.60. The number of methoxy groups -OCH3 is 1. The Hall–Kier alpha value is -3.63. The van der Waals surface area contributed by atoms with Crippen molar-refractivity contribution < 1.29 is 14.3 Å². The van der Waals surface area contributed by atoms with Crippen molar-refractivity contribution in [3.8, 4) is 11.7 Å². The van der Waals surface area contributed by atoms with Gasteiger partial charge in [0.1, 0.15) is 5.69 Å². The Morgan fingerprint density at radius 1 is 1.19 bits per heavy atom. The van der Waals surface area contributed by atoms with Gasteiger partial charge < -0.3 is 15.4 Å². The van der Waals surface area contributed by atoms with E-state index in [4.69, 9.17) is 27.9 Å². The number of pyridine rings is 1. The van der Waals surface area contributed by atoms with Crippen LogP contribution in [0.3, 0.4) is 0 Å². The number of carbonyl (C=O) groups is 2. The monoisotopic (exact) mass is 525 g/mol. The molecule has 12 heteroatoms. The molecule has 184 valence electrons.